The van der Waals surface area contributed by atoms with Gasteiger partial charge in [0.15, 0.2) is 0 Å². The molecule has 4 nitrogen and oxygen atoms in total. The highest BCUT2D eigenvalue weighted by molar-refractivity contribution is 5.79. The second-order valence-electron chi connectivity index (χ2n) is 5.21. The van der Waals surface area contributed by atoms with E-state index in [1.54, 1.807) is 12.1 Å². The Morgan fingerprint density at radius 3 is 2.95 bits per heavy atom. The van der Waals surface area contributed by atoms with E-state index in [0.717, 1.165) is 31.7 Å². The van der Waals surface area contributed by atoms with Crippen molar-refractivity contribution in [3.8, 4) is 0 Å². The predicted octanol–water partition coefficient (Wildman–Crippen LogP) is 1.10. The molecule has 2 aliphatic rings. The van der Waals surface area contributed by atoms with E-state index in [4.69, 9.17) is 5.73 Å². The van der Waals surface area contributed by atoms with E-state index in [-0.39, 0.29) is 18.3 Å². The van der Waals surface area contributed by atoms with E-state index >= 15 is 0 Å². The van der Waals surface area contributed by atoms with Crippen LogP contribution in [0.5, 0.6) is 0 Å². The second-order valence-corrected chi connectivity index (χ2v) is 5.21. The molecule has 1 amide bonds. The Hall–Kier alpha value is -1.62. The lowest BCUT2D eigenvalue weighted by Gasteiger charge is -2.38. The molecule has 1 atom stereocenters. The van der Waals surface area contributed by atoms with Crippen molar-refractivity contribution in [3.05, 3.63) is 29.6 Å². The minimum atomic E-state index is -0.245. The van der Waals surface area contributed by atoms with Gasteiger partial charge in [-0.1, -0.05) is 6.07 Å². The normalized spacial score (nSPS) is 22.8. The van der Waals surface area contributed by atoms with Crippen molar-refractivity contribution in [2.75, 3.05) is 24.5 Å². The van der Waals surface area contributed by atoms with Crippen LogP contribution in [0, 0.1) is 5.82 Å². The average Bonchev–Trinajstić information content (AvgIpc) is 2.80. The molecule has 1 aromatic rings. The molecule has 3 rings (SSSR count). The van der Waals surface area contributed by atoms with Gasteiger partial charge in [-0.15, -0.1) is 0 Å². The van der Waals surface area contributed by atoms with Crippen molar-refractivity contribution in [3.63, 3.8) is 0 Å². The van der Waals surface area contributed by atoms with Crippen molar-refractivity contribution in [2.24, 2.45) is 5.73 Å². The van der Waals surface area contributed by atoms with Gasteiger partial charge in [-0.25, -0.2) is 4.39 Å². The molecule has 2 heterocycles. The Labute approximate surface area is 112 Å². The zero-order valence-electron chi connectivity index (χ0n) is 10.8. The third-order valence-corrected chi connectivity index (χ3v) is 4.12. The number of nitrogens with two attached hydrogens (primary N) is 1. The first-order valence-corrected chi connectivity index (χ1v) is 6.72. The number of nitrogens with zero attached hydrogens (tertiary/aromatic N) is 2. The van der Waals surface area contributed by atoms with Crippen LogP contribution in [0.1, 0.15) is 18.4 Å². The summed E-state index contributed by atoms with van der Waals surface area (Å²) < 4.78 is 13.8. The molecular formula is C14H18FN3O. The highest BCUT2D eigenvalue weighted by Crippen LogP contribution is 2.27. The first kappa shape index (κ1) is 12.4. The second kappa shape index (κ2) is 4.81. The van der Waals surface area contributed by atoms with Crippen LogP contribution >= 0.6 is 0 Å². The summed E-state index contributed by atoms with van der Waals surface area (Å²) in [6.07, 6.45) is 1.57. The monoisotopic (exact) mass is 263 g/mol. The van der Waals surface area contributed by atoms with Crippen LogP contribution in [0.25, 0.3) is 0 Å². The molecule has 102 valence electrons. The summed E-state index contributed by atoms with van der Waals surface area (Å²) in [6, 6.07) is 5.50. The number of fused-ring (bicyclic) bond motifs is 1. The molecular weight excluding hydrogens is 245 g/mol. The molecule has 0 aromatic heterocycles. The SMILES string of the molecule is NCc1ccc(N2CCN3C(=O)CCC3C2)cc1F. The third kappa shape index (κ3) is 2.18. The molecule has 19 heavy (non-hydrogen) atoms. The van der Waals surface area contributed by atoms with Crippen LogP contribution in [0.15, 0.2) is 18.2 Å². The van der Waals surface area contributed by atoms with Gasteiger partial charge in [-0.2, -0.15) is 0 Å². The molecule has 0 spiro atoms. The summed E-state index contributed by atoms with van der Waals surface area (Å²) in [6.45, 7) is 2.53. The number of hydrogen-bond acceptors (Lipinski definition) is 3. The van der Waals surface area contributed by atoms with Gasteiger partial charge in [0.2, 0.25) is 5.91 Å². The van der Waals surface area contributed by atoms with Crippen LogP contribution in [-0.2, 0) is 11.3 Å². The molecule has 1 aromatic carbocycles. The first-order chi connectivity index (χ1) is 9.19. The number of piperazine rings is 1. The van der Waals surface area contributed by atoms with Gasteiger partial charge in [0.25, 0.3) is 0 Å². The molecule has 2 aliphatic heterocycles. The van der Waals surface area contributed by atoms with Gasteiger partial charge in [0.05, 0.1) is 0 Å². The van der Waals surface area contributed by atoms with E-state index in [0.29, 0.717) is 18.0 Å². The summed E-state index contributed by atoms with van der Waals surface area (Å²) in [4.78, 5) is 15.7. The van der Waals surface area contributed by atoms with Crippen molar-refractivity contribution in [2.45, 2.75) is 25.4 Å². The summed E-state index contributed by atoms with van der Waals surface area (Å²) in [7, 11) is 0. The number of rotatable bonds is 2. The Morgan fingerprint density at radius 2 is 2.21 bits per heavy atom. The van der Waals surface area contributed by atoms with Gasteiger partial charge in [0.1, 0.15) is 5.82 Å². The number of benzene rings is 1. The highest BCUT2D eigenvalue weighted by atomic mass is 19.1. The van der Waals surface area contributed by atoms with E-state index in [2.05, 4.69) is 4.90 Å². The van der Waals surface area contributed by atoms with Crippen molar-refractivity contribution in [1.29, 1.82) is 0 Å². The molecule has 0 saturated carbocycles. The van der Waals surface area contributed by atoms with Gasteiger partial charge in [-0.3, -0.25) is 4.79 Å². The number of carbonyl (C=O) groups excluding carboxylic acids is 1. The molecule has 1 unspecified atom stereocenters. The molecule has 2 fully saturated rings. The first-order valence-electron chi connectivity index (χ1n) is 6.72. The van der Waals surface area contributed by atoms with Crippen molar-refractivity contribution in [1.82, 2.24) is 4.90 Å². The van der Waals surface area contributed by atoms with Crippen LogP contribution < -0.4 is 10.6 Å². The lowest BCUT2D eigenvalue weighted by Crippen LogP contribution is -2.51. The Bertz CT molecular complexity index is 505. The van der Waals surface area contributed by atoms with Crippen LogP contribution in [0.2, 0.25) is 0 Å². The zero-order chi connectivity index (χ0) is 13.4. The maximum atomic E-state index is 13.8. The molecule has 2 N–H and O–H groups in total. The van der Waals surface area contributed by atoms with Crippen molar-refractivity contribution >= 4 is 11.6 Å². The van der Waals surface area contributed by atoms with E-state index in [1.165, 1.54) is 0 Å². The predicted molar refractivity (Wildman–Crippen MR) is 71.2 cm³/mol. The molecule has 0 bridgehead atoms. The highest BCUT2D eigenvalue weighted by Gasteiger charge is 2.35. The van der Waals surface area contributed by atoms with Crippen LogP contribution in [0.4, 0.5) is 10.1 Å². The minimum absolute atomic E-state index is 0.219. The standard InChI is InChI=1S/C14H18FN3O/c15-13-7-11(2-1-10(13)8-16)17-5-6-18-12(9-17)3-4-14(18)19/h1-2,7,12H,3-6,8-9,16H2. The molecule has 0 aliphatic carbocycles. The minimum Gasteiger partial charge on any atom is -0.368 e. The van der Waals surface area contributed by atoms with Gasteiger partial charge < -0.3 is 15.5 Å². The fourth-order valence-electron chi connectivity index (χ4n) is 3.00. The van der Waals surface area contributed by atoms with E-state index in [1.807, 2.05) is 11.0 Å². The summed E-state index contributed by atoms with van der Waals surface area (Å²) in [5.74, 6) is 0.0132. The summed E-state index contributed by atoms with van der Waals surface area (Å²) in [5.41, 5.74) is 6.89. The van der Waals surface area contributed by atoms with Crippen LogP contribution in [-0.4, -0.2) is 36.5 Å². The Balaban J connectivity index is 1.77. The Kier molecular flexibility index (Phi) is 3.14. The maximum absolute atomic E-state index is 13.8. The molecule has 2 saturated heterocycles. The maximum Gasteiger partial charge on any atom is 0.223 e. The lowest BCUT2D eigenvalue weighted by molar-refractivity contribution is -0.129. The van der Waals surface area contributed by atoms with E-state index < -0.39 is 0 Å². The van der Waals surface area contributed by atoms with Crippen molar-refractivity contribution < 1.29 is 9.18 Å². The smallest absolute Gasteiger partial charge is 0.223 e. The zero-order valence-corrected chi connectivity index (χ0v) is 10.8. The van der Waals surface area contributed by atoms with Gasteiger partial charge >= 0.3 is 0 Å². The van der Waals surface area contributed by atoms with E-state index in [9.17, 15) is 9.18 Å². The summed E-state index contributed by atoms with van der Waals surface area (Å²) in [5, 5.41) is 0. The van der Waals surface area contributed by atoms with Gasteiger partial charge in [0, 0.05) is 49.9 Å². The number of halogens is 1. The average molecular weight is 263 g/mol. The number of anilines is 1. The summed E-state index contributed by atoms with van der Waals surface area (Å²) >= 11 is 0. The fraction of sp³-hybridized carbons (Fsp3) is 0.500. The number of carbonyl (C=O) groups is 1. The number of hydrogen-bond donors (Lipinski definition) is 1. The third-order valence-electron chi connectivity index (χ3n) is 4.12. The van der Waals surface area contributed by atoms with Gasteiger partial charge in [-0.05, 0) is 18.6 Å². The lowest BCUT2D eigenvalue weighted by atomic mass is 10.1. The fourth-order valence-corrected chi connectivity index (χ4v) is 3.00. The topological polar surface area (TPSA) is 49.6 Å². The van der Waals surface area contributed by atoms with Crippen LogP contribution in [0.3, 0.4) is 0 Å². The molecule has 0 radical (unpaired) electrons. The largest absolute Gasteiger partial charge is 0.368 e. The quantitative estimate of drug-likeness (QED) is 0.869. The number of amides is 1. The molecule has 5 heteroatoms. The Morgan fingerprint density at radius 1 is 1.37 bits per heavy atom.